The number of primary amides is 1. The fourth-order valence-corrected chi connectivity index (χ4v) is 3.96. The summed E-state index contributed by atoms with van der Waals surface area (Å²) in [5.74, 6) is -2.95. The van der Waals surface area contributed by atoms with Crippen molar-refractivity contribution < 1.29 is 23.1 Å². The molecule has 1 amide bonds. The third-order valence-electron chi connectivity index (χ3n) is 5.40. The summed E-state index contributed by atoms with van der Waals surface area (Å²) in [6.45, 7) is 0.0845. The number of ether oxygens (including phenoxy) is 1. The highest BCUT2D eigenvalue weighted by Crippen LogP contribution is 2.41. The van der Waals surface area contributed by atoms with Crippen LogP contribution in [0.15, 0.2) is 60.7 Å². The monoisotopic (exact) mass is 407 g/mol. The highest BCUT2D eigenvalue weighted by Gasteiger charge is 2.31. The van der Waals surface area contributed by atoms with Crippen LogP contribution in [0.2, 0.25) is 0 Å². The number of fused-ring (bicyclic) bond motifs is 1. The van der Waals surface area contributed by atoms with Gasteiger partial charge >= 0.3 is 5.97 Å². The maximum atomic E-state index is 14.2. The highest BCUT2D eigenvalue weighted by atomic mass is 19.1. The van der Waals surface area contributed by atoms with Gasteiger partial charge in [-0.25, -0.2) is 13.6 Å². The Labute approximate surface area is 172 Å². The lowest BCUT2D eigenvalue weighted by atomic mass is 9.88. The summed E-state index contributed by atoms with van der Waals surface area (Å²) in [6, 6.07) is 15.8. The second-order valence-corrected chi connectivity index (χ2v) is 7.27. The molecule has 0 heterocycles. The summed E-state index contributed by atoms with van der Waals surface area (Å²) in [5.41, 5.74) is 8.09. The van der Waals surface area contributed by atoms with Crippen LogP contribution in [-0.2, 0) is 17.8 Å². The molecular weight excluding hydrogens is 388 g/mol. The van der Waals surface area contributed by atoms with E-state index >= 15 is 0 Å². The molecular formula is C24H19F2NO3. The molecule has 30 heavy (non-hydrogen) atoms. The van der Waals surface area contributed by atoms with E-state index in [1.165, 1.54) is 24.3 Å². The molecule has 1 aliphatic carbocycles. The highest BCUT2D eigenvalue weighted by molar-refractivity contribution is 5.96. The van der Waals surface area contributed by atoms with Gasteiger partial charge in [0.2, 0.25) is 5.91 Å². The Bertz CT molecular complexity index is 1130. The van der Waals surface area contributed by atoms with E-state index in [1.54, 1.807) is 0 Å². The largest absolute Gasteiger partial charge is 0.457 e. The molecule has 0 fully saturated rings. The van der Waals surface area contributed by atoms with Gasteiger partial charge in [-0.05, 0) is 59.4 Å². The summed E-state index contributed by atoms with van der Waals surface area (Å²) >= 11 is 0. The van der Waals surface area contributed by atoms with E-state index in [9.17, 15) is 18.4 Å². The van der Waals surface area contributed by atoms with Gasteiger partial charge in [-0.3, -0.25) is 4.79 Å². The average Bonchev–Trinajstić information content (AvgIpc) is 3.16. The molecule has 2 N–H and O–H groups in total. The van der Waals surface area contributed by atoms with Crippen LogP contribution in [0.4, 0.5) is 8.78 Å². The van der Waals surface area contributed by atoms with Crippen LogP contribution in [-0.4, -0.2) is 11.9 Å². The summed E-state index contributed by atoms with van der Waals surface area (Å²) in [5, 5.41) is 0. The van der Waals surface area contributed by atoms with Gasteiger partial charge in [0, 0.05) is 17.5 Å². The number of benzene rings is 3. The Morgan fingerprint density at radius 2 is 1.77 bits per heavy atom. The molecule has 0 aliphatic heterocycles. The first-order chi connectivity index (χ1) is 14.4. The van der Waals surface area contributed by atoms with Crippen LogP contribution < -0.4 is 5.73 Å². The van der Waals surface area contributed by atoms with Crippen molar-refractivity contribution in [2.45, 2.75) is 25.4 Å². The molecule has 0 bridgehead atoms. The predicted molar refractivity (Wildman–Crippen MR) is 107 cm³/mol. The first-order valence-corrected chi connectivity index (χ1v) is 9.56. The Morgan fingerprint density at radius 1 is 1.00 bits per heavy atom. The normalized spacial score (nSPS) is 14.9. The molecule has 0 radical (unpaired) electrons. The minimum absolute atomic E-state index is 0.0845. The smallest absolute Gasteiger partial charge is 0.338 e. The second-order valence-electron chi connectivity index (χ2n) is 7.27. The number of hydrogen-bond acceptors (Lipinski definition) is 3. The van der Waals surface area contributed by atoms with Crippen LogP contribution in [0.3, 0.4) is 0 Å². The van der Waals surface area contributed by atoms with E-state index < -0.39 is 29.4 Å². The van der Waals surface area contributed by atoms with Crippen LogP contribution in [0.1, 0.15) is 55.3 Å². The van der Waals surface area contributed by atoms with Crippen LogP contribution in [0, 0.1) is 11.6 Å². The molecule has 0 unspecified atom stereocenters. The Hall–Kier alpha value is -3.54. The maximum Gasteiger partial charge on any atom is 0.338 e. The summed E-state index contributed by atoms with van der Waals surface area (Å²) in [6.07, 6.45) is 0.891. The van der Waals surface area contributed by atoms with E-state index in [0.29, 0.717) is 29.5 Å². The molecule has 0 spiro atoms. The molecule has 0 saturated heterocycles. The minimum atomic E-state index is -0.683. The number of carbonyl (C=O) groups excluding carboxylic acids is 2. The zero-order chi connectivity index (χ0) is 21.3. The van der Waals surface area contributed by atoms with Gasteiger partial charge in [0.05, 0.1) is 5.56 Å². The molecule has 1 atom stereocenters. The number of amides is 1. The van der Waals surface area contributed by atoms with Gasteiger partial charge in [0.25, 0.3) is 0 Å². The molecule has 6 heteroatoms. The SMILES string of the molecule is NC(=O)c1ccc(C(=O)OCc2ccccc2)c([C@H]2CCc3c(F)cc(F)cc32)c1. The average molecular weight is 407 g/mol. The summed E-state index contributed by atoms with van der Waals surface area (Å²) in [7, 11) is 0. The number of hydrogen-bond donors (Lipinski definition) is 1. The van der Waals surface area contributed by atoms with Crippen molar-refractivity contribution in [3.05, 3.63) is 106 Å². The topological polar surface area (TPSA) is 69.4 Å². The summed E-state index contributed by atoms with van der Waals surface area (Å²) < 4.78 is 33.5. The molecule has 0 saturated carbocycles. The molecule has 152 valence electrons. The molecule has 3 aromatic rings. The van der Waals surface area contributed by atoms with Crippen molar-refractivity contribution in [1.29, 1.82) is 0 Å². The first kappa shape index (κ1) is 19.8. The second kappa shape index (κ2) is 8.06. The lowest BCUT2D eigenvalue weighted by Crippen LogP contribution is -2.15. The molecule has 4 nitrogen and oxygen atoms in total. The summed E-state index contributed by atoms with van der Waals surface area (Å²) in [4.78, 5) is 24.5. The van der Waals surface area contributed by atoms with Crippen molar-refractivity contribution in [2.24, 2.45) is 5.73 Å². The third-order valence-corrected chi connectivity index (χ3v) is 5.40. The fraction of sp³-hybridized carbons (Fsp3) is 0.167. The van der Waals surface area contributed by atoms with Crippen molar-refractivity contribution in [3.63, 3.8) is 0 Å². The van der Waals surface area contributed by atoms with Crippen molar-refractivity contribution in [2.75, 3.05) is 0 Å². The third kappa shape index (κ3) is 3.81. The zero-order valence-corrected chi connectivity index (χ0v) is 16.0. The van der Waals surface area contributed by atoms with E-state index in [1.807, 2.05) is 30.3 Å². The number of carbonyl (C=O) groups is 2. The van der Waals surface area contributed by atoms with Gasteiger partial charge in [-0.1, -0.05) is 30.3 Å². The van der Waals surface area contributed by atoms with Crippen LogP contribution >= 0.6 is 0 Å². The number of halogens is 2. The fourth-order valence-electron chi connectivity index (χ4n) is 3.96. The number of esters is 1. The van der Waals surface area contributed by atoms with E-state index in [4.69, 9.17) is 10.5 Å². The van der Waals surface area contributed by atoms with Crippen molar-refractivity contribution in [3.8, 4) is 0 Å². The van der Waals surface area contributed by atoms with Crippen LogP contribution in [0.5, 0.6) is 0 Å². The lowest BCUT2D eigenvalue weighted by molar-refractivity contribution is 0.0470. The molecule has 0 aromatic heterocycles. The maximum absolute atomic E-state index is 14.2. The molecule has 3 aromatic carbocycles. The van der Waals surface area contributed by atoms with Gasteiger partial charge in [-0.2, -0.15) is 0 Å². The molecule has 1 aliphatic rings. The molecule has 4 rings (SSSR count). The first-order valence-electron chi connectivity index (χ1n) is 9.56. The number of rotatable bonds is 5. The van der Waals surface area contributed by atoms with Gasteiger partial charge in [0.1, 0.15) is 18.2 Å². The van der Waals surface area contributed by atoms with E-state index in [0.717, 1.165) is 11.6 Å². The van der Waals surface area contributed by atoms with Crippen molar-refractivity contribution >= 4 is 11.9 Å². The standard InChI is InChI=1S/C24H19F2NO3/c25-16-11-21-17(8-9-18(21)22(26)12-16)20-10-15(23(27)28)6-7-19(20)24(29)30-13-14-4-2-1-3-5-14/h1-7,10-12,17H,8-9,13H2,(H2,27,28)/t17-/m1/s1. The van der Waals surface area contributed by atoms with Gasteiger partial charge in [0.15, 0.2) is 0 Å². The van der Waals surface area contributed by atoms with Gasteiger partial charge in [-0.15, -0.1) is 0 Å². The Morgan fingerprint density at radius 3 is 2.50 bits per heavy atom. The zero-order valence-electron chi connectivity index (χ0n) is 16.0. The lowest BCUT2D eigenvalue weighted by Gasteiger charge is -2.18. The minimum Gasteiger partial charge on any atom is -0.457 e. The Balaban J connectivity index is 1.71. The predicted octanol–water partition coefficient (Wildman–Crippen LogP) is 4.50. The Kier molecular flexibility index (Phi) is 5.31. The van der Waals surface area contributed by atoms with Crippen molar-refractivity contribution in [1.82, 2.24) is 0 Å². The van der Waals surface area contributed by atoms with E-state index in [2.05, 4.69) is 0 Å². The quantitative estimate of drug-likeness (QED) is 0.633. The van der Waals surface area contributed by atoms with Crippen LogP contribution in [0.25, 0.3) is 0 Å². The number of nitrogens with two attached hydrogens (primary N) is 1. The van der Waals surface area contributed by atoms with E-state index in [-0.39, 0.29) is 17.7 Å². The van der Waals surface area contributed by atoms with Gasteiger partial charge < -0.3 is 10.5 Å².